The zero-order chi connectivity index (χ0) is 12.0. The van der Waals surface area contributed by atoms with Gasteiger partial charge < -0.3 is 4.98 Å². The van der Waals surface area contributed by atoms with Crippen LogP contribution in [-0.2, 0) is 0 Å². The summed E-state index contributed by atoms with van der Waals surface area (Å²) in [7, 11) is 0. The molecule has 0 saturated carbocycles. The Hall–Kier alpha value is -1.75. The van der Waals surface area contributed by atoms with E-state index in [0.29, 0.717) is 16.9 Å². The van der Waals surface area contributed by atoms with Gasteiger partial charge in [0.25, 0.3) is 0 Å². The van der Waals surface area contributed by atoms with Crippen molar-refractivity contribution in [2.75, 3.05) is 0 Å². The number of thiophene rings is 1. The van der Waals surface area contributed by atoms with Crippen LogP contribution < -0.4 is 0 Å². The molecular formula is C12H8F2N2S. The van der Waals surface area contributed by atoms with E-state index in [9.17, 15) is 8.78 Å². The molecule has 0 unspecified atom stereocenters. The van der Waals surface area contributed by atoms with Gasteiger partial charge in [-0.3, -0.25) is 0 Å². The number of hydrogen-bond acceptors (Lipinski definition) is 2. The molecular weight excluding hydrogens is 242 g/mol. The fraction of sp³-hybridized carbons (Fsp3) is 0.0833. The molecule has 0 saturated heterocycles. The summed E-state index contributed by atoms with van der Waals surface area (Å²) in [6.07, 6.45) is 0. The first kappa shape index (κ1) is 10.4. The maximum absolute atomic E-state index is 13.0. The van der Waals surface area contributed by atoms with Crippen molar-refractivity contribution in [3.8, 4) is 10.7 Å². The van der Waals surface area contributed by atoms with Crippen LogP contribution >= 0.6 is 11.3 Å². The van der Waals surface area contributed by atoms with E-state index in [1.807, 2.05) is 18.4 Å². The summed E-state index contributed by atoms with van der Waals surface area (Å²) in [5.74, 6) is -1.10. The first-order valence-electron chi connectivity index (χ1n) is 5.04. The number of nitrogens with one attached hydrogen (secondary N) is 1. The zero-order valence-electron chi connectivity index (χ0n) is 8.92. The lowest BCUT2D eigenvalue weighted by atomic mass is 10.3. The van der Waals surface area contributed by atoms with E-state index in [0.717, 1.165) is 22.6 Å². The van der Waals surface area contributed by atoms with E-state index in [4.69, 9.17) is 0 Å². The highest BCUT2D eigenvalue weighted by Gasteiger charge is 2.10. The van der Waals surface area contributed by atoms with Crippen LogP contribution in [0.2, 0.25) is 0 Å². The molecule has 3 aromatic rings. The number of hydrogen-bond donors (Lipinski definition) is 1. The molecule has 0 radical (unpaired) electrons. The average Bonchev–Trinajstić information content (AvgIpc) is 2.85. The first-order valence-corrected chi connectivity index (χ1v) is 5.92. The lowest BCUT2D eigenvalue weighted by Crippen LogP contribution is -1.82. The fourth-order valence-electron chi connectivity index (χ4n) is 1.68. The highest BCUT2D eigenvalue weighted by molar-refractivity contribution is 7.13. The molecule has 0 fully saturated rings. The predicted molar refractivity (Wildman–Crippen MR) is 64.1 cm³/mol. The van der Waals surface area contributed by atoms with Crippen LogP contribution in [-0.4, -0.2) is 9.97 Å². The fourth-order valence-corrected chi connectivity index (χ4v) is 2.52. The van der Waals surface area contributed by atoms with Gasteiger partial charge in [-0.1, -0.05) is 0 Å². The van der Waals surface area contributed by atoms with Crippen molar-refractivity contribution in [1.82, 2.24) is 9.97 Å². The van der Waals surface area contributed by atoms with Gasteiger partial charge in [0, 0.05) is 12.1 Å². The zero-order valence-corrected chi connectivity index (χ0v) is 9.74. The molecule has 0 spiro atoms. The van der Waals surface area contributed by atoms with E-state index < -0.39 is 11.6 Å². The first-order chi connectivity index (χ1) is 8.13. The van der Waals surface area contributed by atoms with Crippen molar-refractivity contribution in [1.29, 1.82) is 0 Å². The number of H-pyrrole nitrogens is 1. The second kappa shape index (κ2) is 3.63. The Morgan fingerprint density at radius 1 is 1.18 bits per heavy atom. The molecule has 2 heterocycles. The van der Waals surface area contributed by atoms with Crippen LogP contribution in [0.5, 0.6) is 0 Å². The Labute approximate surface area is 99.9 Å². The number of imidazole rings is 1. The summed E-state index contributed by atoms with van der Waals surface area (Å²) in [5.41, 5.74) is 2.08. The largest absolute Gasteiger partial charge is 0.337 e. The third kappa shape index (κ3) is 1.72. The number of benzene rings is 1. The minimum absolute atomic E-state index is 0.435. The number of aromatic nitrogens is 2. The van der Waals surface area contributed by atoms with Crippen LogP contribution in [0.3, 0.4) is 0 Å². The normalized spacial score (nSPS) is 11.2. The molecule has 17 heavy (non-hydrogen) atoms. The van der Waals surface area contributed by atoms with Gasteiger partial charge in [0.05, 0.1) is 15.9 Å². The second-order valence-corrected chi connectivity index (χ2v) is 4.77. The van der Waals surface area contributed by atoms with E-state index in [-0.39, 0.29) is 0 Å². The summed E-state index contributed by atoms with van der Waals surface area (Å²) in [4.78, 5) is 8.19. The molecule has 5 heteroatoms. The number of aromatic amines is 1. The maximum atomic E-state index is 13.0. The lowest BCUT2D eigenvalue weighted by molar-refractivity contribution is 0.510. The predicted octanol–water partition coefficient (Wildman–Crippen LogP) is 3.88. The molecule has 2 nitrogen and oxygen atoms in total. The quantitative estimate of drug-likeness (QED) is 0.697. The van der Waals surface area contributed by atoms with Crippen LogP contribution in [0.25, 0.3) is 21.7 Å². The van der Waals surface area contributed by atoms with Gasteiger partial charge in [0.1, 0.15) is 5.82 Å². The van der Waals surface area contributed by atoms with Gasteiger partial charge in [-0.2, -0.15) is 0 Å². The van der Waals surface area contributed by atoms with Gasteiger partial charge >= 0.3 is 0 Å². The third-order valence-corrected chi connectivity index (χ3v) is 3.54. The summed E-state index contributed by atoms with van der Waals surface area (Å²) in [6, 6.07) is 4.21. The standard InChI is InChI=1S/C12H8F2N2S/c1-6-2-11(17-5-6)12-15-9-3-7(13)8(14)4-10(9)16-12/h2-5H,1H3,(H,15,16). The molecule has 86 valence electrons. The second-order valence-electron chi connectivity index (χ2n) is 3.86. The smallest absolute Gasteiger partial charge is 0.161 e. The Kier molecular flexibility index (Phi) is 2.22. The molecule has 0 amide bonds. The SMILES string of the molecule is Cc1csc(-c2nc3cc(F)c(F)cc3[nH]2)c1. The molecule has 2 aromatic heterocycles. The van der Waals surface area contributed by atoms with Gasteiger partial charge in [0.2, 0.25) is 0 Å². The van der Waals surface area contributed by atoms with Crippen molar-refractivity contribution in [2.45, 2.75) is 6.92 Å². The number of rotatable bonds is 1. The van der Waals surface area contributed by atoms with Crippen LogP contribution in [0.1, 0.15) is 5.56 Å². The molecule has 0 aliphatic carbocycles. The van der Waals surface area contributed by atoms with Crippen LogP contribution in [0, 0.1) is 18.6 Å². The summed E-state index contributed by atoms with van der Waals surface area (Å²) in [6.45, 7) is 1.99. The minimum atomic E-state index is -0.877. The topological polar surface area (TPSA) is 28.7 Å². The van der Waals surface area contributed by atoms with Crippen molar-refractivity contribution in [2.24, 2.45) is 0 Å². The van der Waals surface area contributed by atoms with Gasteiger partial charge in [-0.15, -0.1) is 11.3 Å². The average molecular weight is 250 g/mol. The number of aryl methyl sites for hydroxylation is 1. The maximum Gasteiger partial charge on any atom is 0.161 e. The van der Waals surface area contributed by atoms with Crippen molar-refractivity contribution < 1.29 is 8.78 Å². The number of nitrogens with zero attached hydrogens (tertiary/aromatic N) is 1. The van der Waals surface area contributed by atoms with Gasteiger partial charge in [-0.25, -0.2) is 13.8 Å². The van der Waals surface area contributed by atoms with E-state index in [1.54, 1.807) is 11.3 Å². The van der Waals surface area contributed by atoms with E-state index in [2.05, 4.69) is 9.97 Å². The molecule has 0 aliphatic heterocycles. The summed E-state index contributed by atoms with van der Waals surface area (Å²) >= 11 is 1.55. The third-order valence-electron chi connectivity index (χ3n) is 2.49. The molecule has 1 N–H and O–H groups in total. The Morgan fingerprint density at radius 2 is 1.94 bits per heavy atom. The Bertz CT molecular complexity index is 661. The summed E-state index contributed by atoms with van der Waals surface area (Å²) < 4.78 is 26.1. The van der Waals surface area contributed by atoms with E-state index in [1.165, 1.54) is 0 Å². The van der Waals surface area contributed by atoms with E-state index >= 15 is 0 Å². The highest BCUT2D eigenvalue weighted by atomic mass is 32.1. The number of fused-ring (bicyclic) bond motifs is 1. The molecule has 0 atom stereocenters. The monoisotopic (exact) mass is 250 g/mol. The van der Waals surface area contributed by atoms with Crippen molar-refractivity contribution in [3.05, 3.63) is 40.8 Å². The Morgan fingerprint density at radius 3 is 2.65 bits per heavy atom. The number of halogens is 2. The molecule has 0 aliphatic rings. The molecule has 1 aromatic carbocycles. The minimum Gasteiger partial charge on any atom is -0.337 e. The van der Waals surface area contributed by atoms with Crippen LogP contribution in [0.15, 0.2) is 23.6 Å². The van der Waals surface area contributed by atoms with Crippen LogP contribution in [0.4, 0.5) is 8.78 Å². The Balaban J connectivity index is 2.19. The van der Waals surface area contributed by atoms with Crippen molar-refractivity contribution in [3.63, 3.8) is 0 Å². The lowest BCUT2D eigenvalue weighted by Gasteiger charge is -1.90. The van der Waals surface area contributed by atoms with Gasteiger partial charge in [0.15, 0.2) is 11.6 Å². The highest BCUT2D eigenvalue weighted by Crippen LogP contribution is 2.27. The molecule has 0 bridgehead atoms. The van der Waals surface area contributed by atoms with Gasteiger partial charge in [-0.05, 0) is 23.9 Å². The van der Waals surface area contributed by atoms with Crippen molar-refractivity contribution >= 4 is 22.4 Å². The molecule has 3 rings (SSSR count). The summed E-state index contributed by atoms with van der Waals surface area (Å²) in [5, 5.41) is 2.00.